The predicted molar refractivity (Wildman–Crippen MR) is 91.8 cm³/mol. The van der Waals surface area contributed by atoms with Crippen molar-refractivity contribution in [3.63, 3.8) is 0 Å². The lowest BCUT2D eigenvalue weighted by atomic mass is 10.1. The maximum Gasteiger partial charge on any atom is 0.255 e. The quantitative estimate of drug-likeness (QED) is 0.755. The molecule has 1 amide bonds. The maximum absolute atomic E-state index is 12.4. The van der Waals surface area contributed by atoms with Crippen molar-refractivity contribution in [1.82, 2.24) is 14.8 Å². The van der Waals surface area contributed by atoms with Crippen LogP contribution in [0.15, 0.2) is 55.0 Å². The molecule has 1 aromatic carbocycles. The molecule has 3 aromatic rings. The molecular formula is C18H18N4O2. The molecule has 24 heavy (non-hydrogen) atoms. The molecule has 0 spiro atoms. The highest BCUT2D eigenvalue weighted by Gasteiger charge is 2.11. The number of benzene rings is 1. The largest absolute Gasteiger partial charge is 0.507 e. The highest BCUT2D eigenvalue weighted by molar-refractivity contribution is 6.04. The van der Waals surface area contributed by atoms with E-state index in [0.29, 0.717) is 22.5 Å². The normalized spacial score (nSPS) is 10.5. The summed E-state index contributed by atoms with van der Waals surface area (Å²) in [6.07, 6.45) is 5.95. The van der Waals surface area contributed by atoms with Crippen LogP contribution in [0.1, 0.15) is 23.7 Å². The van der Waals surface area contributed by atoms with Crippen molar-refractivity contribution in [3.05, 3.63) is 60.6 Å². The van der Waals surface area contributed by atoms with E-state index in [9.17, 15) is 9.90 Å². The first kappa shape index (κ1) is 15.7. The minimum absolute atomic E-state index is 0.128. The van der Waals surface area contributed by atoms with Gasteiger partial charge in [0.05, 0.1) is 17.6 Å². The van der Waals surface area contributed by atoms with Crippen LogP contribution >= 0.6 is 0 Å². The first-order chi connectivity index (χ1) is 11.7. The third kappa shape index (κ3) is 3.43. The molecule has 0 atom stereocenters. The Morgan fingerprint density at radius 2 is 2.12 bits per heavy atom. The summed E-state index contributed by atoms with van der Waals surface area (Å²) < 4.78 is 1.79. The van der Waals surface area contributed by atoms with Crippen molar-refractivity contribution in [3.8, 4) is 17.0 Å². The number of hydrogen-bond acceptors (Lipinski definition) is 4. The summed E-state index contributed by atoms with van der Waals surface area (Å²) in [7, 11) is 0. The van der Waals surface area contributed by atoms with Crippen LogP contribution in [0.2, 0.25) is 0 Å². The van der Waals surface area contributed by atoms with Crippen molar-refractivity contribution < 1.29 is 9.90 Å². The summed E-state index contributed by atoms with van der Waals surface area (Å²) in [6, 6.07) is 10.2. The van der Waals surface area contributed by atoms with E-state index in [4.69, 9.17) is 0 Å². The Labute approximate surface area is 139 Å². The molecule has 3 rings (SSSR count). The molecule has 6 heteroatoms. The molecule has 0 radical (unpaired) electrons. The van der Waals surface area contributed by atoms with Gasteiger partial charge in [-0.25, -0.2) is 0 Å². The number of hydrogen-bond donors (Lipinski definition) is 2. The third-order valence-corrected chi connectivity index (χ3v) is 3.55. The van der Waals surface area contributed by atoms with Crippen LogP contribution in [-0.4, -0.2) is 25.8 Å². The van der Waals surface area contributed by atoms with E-state index in [2.05, 4.69) is 22.3 Å². The number of nitrogens with zero attached hydrogens (tertiary/aromatic N) is 3. The zero-order chi connectivity index (χ0) is 16.9. The van der Waals surface area contributed by atoms with Crippen LogP contribution in [0.5, 0.6) is 5.75 Å². The summed E-state index contributed by atoms with van der Waals surface area (Å²) in [5.74, 6) is -0.117. The first-order valence-electron chi connectivity index (χ1n) is 7.75. The average molecular weight is 322 g/mol. The highest BCUT2D eigenvalue weighted by Crippen LogP contribution is 2.27. The number of aromatic nitrogens is 3. The van der Waals surface area contributed by atoms with Crippen molar-refractivity contribution in [2.45, 2.75) is 19.9 Å². The minimum Gasteiger partial charge on any atom is -0.507 e. The number of nitrogens with one attached hydrogen (secondary N) is 1. The molecule has 0 saturated heterocycles. The lowest BCUT2D eigenvalue weighted by Crippen LogP contribution is -2.11. The van der Waals surface area contributed by atoms with Gasteiger partial charge in [-0.2, -0.15) is 5.10 Å². The van der Waals surface area contributed by atoms with Gasteiger partial charge >= 0.3 is 0 Å². The van der Waals surface area contributed by atoms with Gasteiger partial charge in [0.2, 0.25) is 0 Å². The summed E-state index contributed by atoms with van der Waals surface area (Å²) in [5.41, 5.74) is 2.24. The number of aryl methyl sites for hydroxylation is 1. The second-order valence-corrected chi connectivity index (χ2v) is 5.39. The molecule has 0 aliphatic heterocycles. The molecule has 0 saturated carbocycles. The van der Waals surface area contributed by atoms with Gasteiger partial charge in [0, 0.05) is 30.1 Å². The molecule has 0 fully saturated rings. The Morgan fingerprint density at radius 3 is 2.92 bits per heavy atom. The number of phenolic OH excluding ortho intramolecular Hbond substituents is 1. The van der Waals surface area contributed by atoms with E-state index >= 15 is 0 Å². The van der Waals surface area contributed by atoms with Crippen molar-refractivity contribution in [2.24, 2.45) is 0 Å². The zero-order valence-corrected chi connectivity index (χ0v) is 13.3. The second-order valence-electron chi connectivity index (χ2n) is 5.39. The smallest absolute Gasteiger partial charge is 0.255 e. The number of pyridine rings is 1. The molecule has 2 N–H and O–H groups in total. The monoisotopic (exact) mass is 322 g/mol. The van der Waals surface area contributed by atoms with Crippen LogP contribution in [0.3, 0.4) is 0 Å². The van der Waals surface area contributed by atoms with Crippen LogP contribution in [0, 0.1) is 0 Å². The van der Waals surface area contributed by atoms with Crippen molar-refractivity contribution >= 4 is 11.6 Å². The standard InChI is InChI=1S/C18H18N4O2/c1-2-9-22-12-14(11-20-22)21-18(24)13-7-8-19-16(10-13)15-5-3-4-6-17(15)23/h3-8,10-12,23H,2,9H2,1H3,(H,21,24). The van der Waals surface area contributed by atoms with Crippen LogP contribution in [0.25, 0.3) is 11.3 Å². The zero-order valence-electron chi connectivity index (χ0n) is 13.3. The molecule has 0 unspecified atom stereocenters. The predicted octanol–water partition coefficient (Wildman–Crippen LogP) is 3.31. The van der Waals surface area contributed by atoms with Crippen LogP contribution < -0.4 is 5.32 Å². The molecular weight excluding hydrogens is 304 g/mol. The number of carbonyl (C=O) groups is 1. The number of anilines is 1. The Hall–Kier alpha value is -3.15. The number of para-hydroxylation sites is 1. The maximum atomic E-state index is 12.4. The lowest BCUT2D eigenvalue weighted by Gasteiger charge is -2.06. The Kier molecular flexibility index (Phi) is 4.56. The second kappa shape index (κ2) is 6.95. The van der Waals surface area contributed by atoms with Crippen molar-refractivity contribution in [2.75, 3.05) is 5.32 Å². The minimum atomic E-state index is -0.245. The third-order valence-electron chi connectivity index (χ3n) is 3.55. The summed E-state index contributed by atoms with van der Waals surface area (Å²) in [4.78, 5) is 16.6. The summed E-state index contributed by atoms with van der Waals surface area (Å²) in [5, 5.41) is 16.9. The molecule has 6 nitrogen and oxygen atoms in total. The number of carbonyl (C=O) groups excluding carboxylic acids is 1. The van der Waals surface area contributed by atoms with Gasteiger partial charge in [-0.15, -0.1) is 0 Å². The van der Waals surface area contributed by atoms with Gasteiger partial charge in [0.1, 0.15) is 5.75 Å². The van der Waals surface area contributed by atoms with Gasteiger partial charge in [0.25, 0.3) is 5.91 Å². The van der Waals surface area contributed by atoms with Gasteiger partial charge in [-0.05, 0) is 30.7 Å². The fraction of sp³-hybridized carbons (Fsp3) is 0.167. The molecule has 122 valence electrons. The van der Waals surface area contributed by atoms with E-state index in [-0.39, 0.29) is 11.7 Å². The SMILES string of the molecule is CCCn1cc(NC(=O)c2ccnc(-c3ccccc3O)c2)cn1. The first-order valence-corrected chi connectivity index (χ1v) is 7.75. The molecule has 2 aromatic heterocycles. The van der Waals surface area contributed by atoms with Crippen LogP contribution in [0.4, 0.5) is 5.69 Å². The topological polar surface area (TPSA) is 80.0 Å². The average Bonchev–Trinajstić information content (AvgIpc) is 3.03. The fourth-order valence-corrected chi connectivity index (χ4v) is 2.39. The Morgan fingerprint density at radius 1 is 1.29 bits per heavy atom. The number of aromatic hydroxyl groups is 1. The summed E-state index contributed by atoms with van der Waals surface area (Å²) in [6.45, 7) is 2.87. The fourth-order valence-electron chi connectivity index (χ4n) is 2.39. The molecule has 0 aliphatic rings. The molecule has 0 bridgehead atoms. The van der Waals surface area contributed by atoms with Gasteiger partial charge in [-0.1, -0.05) is 19.1 Å². The van der Waals surface area contributed by atoms with Gasteiger partial charge in [-0.3, -0.25) is 14.5 Å². The van der Waals surface area contributed by atoms with Gasteiger partial charge in [0.15, 0.2) is 0 Å². The van der Waals surface area contributed by atoms with E-state index in [1.54, 1.807) is 53.6 Å². The molecule has 2 heterocycles. The van der Waals surface area contributed by atoms with Crippen molar-refractivity contribution in [1.29, 1.82) is 0 Å². The number of rotatable bonds is 5. The van der Waals surface area contributed by atoms with Crippen LogP contribution in [-0.2, 0) is 6.54 Å². The van der Waals surface area contributed by atoms with E-state index in [1.165, 1.54) is 0 Å². The summed E-state index contributed by atoms with van der Waals surface area (Å²) >= 11 is 0. The van der Waals surface area contributed by atoms with E-state index in [0.717, 1.165) is 13.0 Å². The Balaban J connectivity index is 1.80. The number of amides is 1. The molecule has 0 aliphatic carbocycles. The van der Waals surface area contributed by atoms with Gasteiger partial charge < -0.3 is 10.4 Å². The van der Waals surface area contributed by atoms with E-state index < -0.39 is 0 Å². The lowest BCUT2D eigenvalue weighted by molar-refractivity contribution is 0.102. The van der Waals surface area contributed by atoms with E-state index in [1.807, 2.05) is 6.07 Å². The Bertz CT molecular complexity index is 857. The highest BCUT2D eigenvalue weighted by atomic mass is 16.3. The number of phenols is 1.